The molecule has 0 unspecified atom stereocenters. The fourth-order valence-corrected chi connectivity index (χ4v) is 0.588. The van der Waals surface area contributed by atoms with E-state index in [4.69, 9.17) is 38.8 Å². The second kappa shape index (κ2) is 7.20. The van der Waals surface area contributed by atoms with Gasteiger partial charge in [-0.25, -0.2) is 8.88 Å². The quantitative estimate of drug-likeness (QED) is 0.285. The number of hydrogen-bond acceptors (Lipinski definition) is 6. The van der Waals surface area contributed by atoms with Gasteiger partial charge in [0.25, 0.3) is 0 Å². The van der Waals surface area contributed by atoms with E-state index >= 15 is 0 Å². The molecule has 0 bridgehead atoms. The van der Waals surface area contributed by atoms with Crippen molar-refractivity contribution in [3.05, 3.63) is 0 Å². The summed E-state index contributed by atoms with van der Waals surface area (Å²) in [4.78, 5) is 52.8. The van der Waals surface area contributed by atoms with Gasteiger partial charge in [-0.3, -0.25) is 0 Å². The highest BCUT2D eigenvalue weighted by molar-refractivity contribution is 7.53. The summed E-state index contributed by atoms with van der Waals surface area (Å²) in [6.45, 7) is 0. The van der Waals surface area contributed by atoms with E-state index in [9.17, 15) is 0 Å². The molecule has 0 aliphatic carbocycles. The lowest BCUT2D eigenvalue weighted by atomic mass is 15.7. The highest BCUT2D eigenvalue weighted by Gasteiger charge is 2.05. The van der Waals surface area contributed by atoms with E-state index < -0.39 is 25.0 Å². The predicted molar refractivity (Wildman–Crippen MR) is 38.1 cm³/mol. The molecule has 0 fully saturated rings. The largest absolute Gasteiger partial charge is 0.466 e. The van der Waals surface area contributed by atoms with Crippen LogP contribution in [-0.2, 0) is 8.88 Å². The van der Waals surface area contributed by atoms with Crippen molar-refractivity contribution in [2.45, 2.75) is 0 Å². The van der Waals surface area contributed by atoms with Gasteiger partial charge in [0.2, 0.25) is 0 Å². The molecule has 12 heteroatoms. The van der Waals surface area contributed by atoms with Crippen LogP contribution >= 0.6 is 25.0 Å². The Hall–Kier alpha value is 0.770. The topological polar surface area (TPSA) is 168 Å². The van der Waals surface area contributed by atoms with Crippen LogP contribution in [0.25, 0.3) is 0 Å². The lowest BCUT2D eigenvalue weighted by Gasteiger charge is -2.00. The van der Waals surface area contributed by atoms with Crippen LogP contribution in [0.5, 0.6) is 0 Å². The molecule has 7 N–H and O–H groups in total. The standard InChI is InChI=1S/H4O5P2.H3O4P/c1-6(2)5-7(3)4;1-5(2,3)4/h1-4H;(H3,1,2,3,4). The first-order valence-corrected chi connectivity index (χ1v) is 5.84. The maximum Gasteiger partial charge on any atom is 0.466 e. The van der Waals surface area contributed by atoms with E-state index in [1.54, 1.807) is 0 Å². The molecule has 0 aromatic carbocycles. The van der Waals surface area contributed by atoms with Crippen LogP contribution in [0.1, 0.15) is 0 Å². The molecule has 0 aliphatic rings. The fraction of sp³-hybridized carbons (Fsp3) is 0. The van der Waals surface area contributed by atoms with E-state index in [0.717, 1.165) is 0 Å². The molecule has 0 aliphatic heterocycles. The Morgan fingerprint density at radius 1 is 0.917 bits per heavy atom. The summed E-state index contributed by atoms with van der Waals surface area (Å²) < 4.78 is 12.5. The minimum absolute atomic E-state index is 2.61. The summed E-state index contributed by atoms with van der Waals surface area (Å²) in [7, 11) is -9.86. The van der Waals surface area contributed by atoms with Crippen molar-refractivity contribution in [3.8, 4) is 0 Å². The van der Waals surface area contributed by atoms with Crippen molar-refractivity contribution in [2.75, 3.05) is 0 Å². The van der Waals surface area contributed by atoms with Crippen LogP contribution in [0.4, 0.5) is 0 Å². The summed E-state index contributed by atoms with van der Waals surface area (Å²) >= 11 is 0. The third-order valence-corrected chi connectivity index (χ3v) is 1.31. The first-order chi connectivity index (χ1) is 5.13. The van der Waals surface area contributed by atoms with Gasteiger partial charge in [-0.2, -0.15) is 0 Å². The molecule has 0 saturated carbocycles. The van der Waals surface area contributed by atoms with Crippen molar-refractivity contribution >= 4 is 25.0 Å². The number of hydrogen-bond donors (Lipinski definition) is 7. The molecule has 12 heavy (non-hydrogen) atoms. The molecular weight excluding hydrogens is 237 g/mol. The molecule has 9 nitrogen and oxygen atoms in total. The van der Waals surface area contributed by atoms with E-state index in [1.807, 2.05) is 0 Å². The minimum Gasteiger partial charge on any atom is -0.328 e. The van der Waals surface area contributed by atoms with Crippen LogP contribution in [0.15, 0.2) is 0 Å². The molecule has 0 saturated heterocycles. The highest BCUT2D eigenvalue weighted by Crippen LogP contribution is 2.41. The first kappa shape index (κ1) is 15.3. The molecule has 76 valence electrons. The van der Waals surface area contributed by atoms with Crippen molar-refractivity contribution in [1.82, 2.24) is 0 Å². The molecule has 0 heterocycles. The SMILES string of the molecule is O=P(O)(O)O.OP(O)OP(O)O. The first-order valence-electron chi connectivity index (χ1n) is 1.95. The van der Waals surface area contributed by atoms with Crippen molar-refractivity contribution in [2.24, 2.45) is 0 Å². The third kappa shape index (κ3) is 45.2. The smallest absolute Gasteiger partial charge is 0.328 e. The Kier molecular flexibility index (Phi) is 9.15. The Morgan fingerprint density at radius 3 is 1.08 bits per heavy atom. The Labute approximate surface area is 69.1 Å². The zero-order valence-corrected chi connectivity index (χ0v) is 7.97. The summed E-state index contributed by atoms with van der Waals surface area (Å²) in [5.74, 6) is 0. The third-order valence-electron chi connectivity index (χ3n) is 0.146. The van der Waals surface area contributed by atoms with Crippen LogP contribution in [0.3, 0.4) is 0 Å². The van der Waals surface area contributed by atoms with Gasteiger partial charge in [0.05, 0.1) is 0 Å². The van der Waals surface area contributed by atoms with E-state index in [1.165, 1.54) is 0 Å². The minimum atomic E-state index is -4.64. The zero-order chi connectivity index (χ0) is 10.4. The molecule has 0 aromatic rings. The van der Waals surface area contributed by atoms with Gasteiger partial charge < -0.3 is 34.3 Å². The molecule has 0 spiro atoms. The Bertz CT molecular complexity index is 118. The van der Waals surface area contributed by atoms with Gasteiger partial charge in [0.15, 0.2) is 0 Å². The summed E-state index contributed by atoms with van der Waals surface area (Å²) in [6, 6.07) is 0. The monoisotopic (exact) mass is 244 g/mol. The molecule has 0 aromatic heterocycles. The molecule has 0 radical (unpaired) electrons. The van der Waals surface area contributed by atoms with Gasteiger partial charge in [0, 0.05) is 0 Å². The average Bonchev–Trinajstić information content (AvgIpc) is 1.52. The van der Waals surface area contributed by atoms with Gasteiger partial charge in [-0.15, -0.1) is 0 Å². The number of rotatable bonds is 2. The maximum absolute atomic E-state index is 8.88. The van der Waals surface area contributed by atoms with Gasteiger partial charge >= 0.3 is 25.0 Å². The lowest BCUT2D eigenvalue weighted by Crippen LogP contribution is -1.73. The predicted octanol–water partition coefficient (Wildman–Crippen LogP) is -1.50. The second-order valence-electron chi connectivity index (χ2n) is 1.10. The molecule has 0 amide bonds. The zero-order valence-electron chi connectivity index (χ0n) is 5.29. The van der Waals surface area contributed by atoms with E-state index in [0.29, 0.717) is 0 Å². The fourth-order valence-electron chi connectivity index (χ4n) is 0.0653. The second-order valence-corrected chi connectivity index (χ2v) is 3.79. The van der Waals surface area contributed by atoms with E-state index in [2.05, 4.69) is 4.31 Å². The Balaban J connectivity index is 0. The molecule has 0 rings (SSSR count). The van der Waals surface area contributed by atoms with Crippen molar-refractivity contribution in [1.29, 1.82) is 0 Å². The van der Waals surface area contributed by atoms with Crippen LogP contribution < -0.4 is 0 Å². The van der Waals surface area contributed by atoms with Crippen LogP contribution in [0.2, 0.25) is 0 Å². The summed E-state index contributed by atoms with van der Waals surface area (Å²) in [5, 5.41) is 0. The lowest BCUT2D eigenvalue weighted by molar-refractivity contribution is 0.275. The van der Waals surface area contributed by atoms with Gasteiger partial charge in [0.1, 0.15) is 0 Å². The Morgan fingerprint density at radius 2 is 1.08 bits per heavy atom. The number of phosphoric acid groups is 1. The van der Waals surface area contributed by atoms with Crippen LogP contribution in [0, 0.1) is 0 Å². The average molecular weight is 244 g/mol. The van der Waals surface area contributed by atoms with Gasteiger partial charge in [-0.05, 0) is 0 Å². The van der Waals surface area contributed by atoms with Gasteiger partial charge in [-0.1, -0.05) is 0 Å². The normalized spacial score (nSPS) is 11.4. The van der Waals surface area contributed by atoms with Crippen LogP contribution in [-0.4, -0.2) is 34.3 Å². The van der Waals surface area contributed by atoms with Crippen molar-refractivity contribution < 1.29 is 43.1 Å². The van der Waals surface area contributed by atoms with Crippen molar-refractivity contribution in [3.63, 3.8) is 0 Å². The maximum atomic E-state index is 8.88. The van der Waals surface area contributed by atoms with E-state index in [-0.39, 0.29) is 0 Å². The summed E-state index contributed by atoms with van der Waals surface area (Å²) in [6.07, 6.45) is 0. The summed E-state index contributed by atoms with van der Waals surface area (Å²) in [5.41, 5.74) is 0. The molecule has 0 atom stereocenters. The highest BCUT2D eigenvalue weighted by atomic mass is 31.2. The molecular formula is H7O9P3.